The van der Waals surface area contributed by atoms with Crippen molar-refractivity contribution >= 4 is 0 Å². The molecule has 1 aromatic carbocycles. The van der Waals surface area contributed by atoms with Crippen LogP contribution in [0.1, 0.15) is 38.3 Å². The van der Waals surface area contributed by atoms with Crippen LogP contribution in [-0.4, -0.2) is 25.9 Å². The molecule has 0 aromatic heterocycles. The van der Waals surface area contributed by atoms with Crippen molar-refractivity contribution in [1.82, 2.24) is 5.32 Å². The van der Waals surface area contributed by atoms with Gasteiger partial charge in [0.05, 0.1) is 12.2 Å². The van der Waals surface area contributed by atoms with Gasteiger partial charge in [0.2, 0.25) is 0 Å². The summed E-state index contributed by atoms with van der Waals surface area (Å²) in [6, 6.07) is 8.49. The van der Waals surface area contributed by atoms with E-state index >= 15 is 0 Å². The number of benzene rings is 1. The van der Waals surface area contributed by atoms with Crippen molar-refractivity contribution in [2.24, 2.45) is 0 Å². The summed E-state index contributed by atoms with van der Waals surface area (Å²) < 4.78 is 11.7. The molecule has 1 heterocycles. The zero-order valence-corrected chi connectivity index (χ0v) is 11.5. The summed E-state index contributed by atoms with van der Waals surface area (Å²) in [5, 5.41) is 3.25. The molecule has 1 aromatic rings. The zero-order chi connectivity index (χ0) is 13.0. The van der Waals surface area contributed by atoms with Gasteiger partial charge in [-0.05, 0) is 39.8 Å². The Balaban J connectivity index is 1.96. The molecule has 0 saturated carbocycles. The first-order valence-electron chi connectivity index (χ1n) is 6.75. The molecule has 2 rings (SSSR count). The largest absolute Gasteiger partial charge is 0.491 e. The fraction of sp³-hybridized carbons (Fsp3) is 0.600. The molecule has 1 N–H and O–H groups in total. The number of hydrogen-bond donors (Lipinski definition) is 1. The number of para-hydroxylation sites is 1. The lowest BCUT2D eigenvalue weighted by Gasteiger charge is -2.18. The molecule has 1 fully saturated rings. The van der Waals surface area contributed by atoms with Crippen molar-refractivity contribution in [3.05, 3.63) is 29.8 Å². The van der Waals surface area contributed by atoms with Crippen molar-refractivity contribution in [1.29, 1.82) is 0 Å². The first kappa shape index (κ1) is 13.4. The molecular weight excluding hydrogens is 226 g/mol. The average Bonchev–Trinajstić information content (AvgIpc) is 2.81. The molecule has 0 aliphatic carbocycles. The Kier molecular flexibility index (Phi) is 4.61. The van der Waals surface area contributed by atoms with E-state index in [4.69, 9.17) is 9.47 Å². The summed E-state index contributed by atoms with van der Waals surface area (Å²) >= 11 is 0. The van der Waals surface area contributed by atoms with Gasteiger partial charge < -0.3 is 14.8 Å². The van der Waals surface area contributed by atoms with Gasteiger partial charge in [-0.15, -0.1) is 0 Å². The average molecular weight is 249 g/mol. The second-order valence-electron chi connectivity index (χ2n) is 5.01. The van der Waals surface area contributed by atoms with Crippen molar-refractivity contribution in [3.8, 4) is 5.75 Å². The molecule has 1 aliphatic rings. The zero-order valence-electron chi connectivity index (χ0n) is 11.5. The molecule has 3 unspecified atom stereocenters. The van der Waals surface area contributed by atoms with Gasteiger partial charge in [-0.3, -0.25) is 0 Å². The van der Waals surface area contributed by atoms with Gasteiger partial charge in [-0.2, -0.15) is 0 Å². The Labute approximate surface area is 109 Å². The van der Waals surface area contributed by atoms with E-state index in [0.717, 1.165) is 18.6 Å². The van der Waals surface area contributed by atoms with Crippen LogP contribution in [-0.2, 0) is 4.74 Å². The first-order chi connectivity index (χ1) is 8.70. The number of hydrogen-bond acceptors (Lipinski definition) is 3. The third-order valence-electron chi connectivity index (χ3n) is 3.56. The summed E-state index contributed by atoms with van der Waals surface area (Å²) in [4.78, 5) is 0. The minimum absolute atomic E-state index is 0.248. The summed E-state index contributed by atoms with van der Waals surface area (Å²) in [5.74, 6) is 0.961. The van der Waals surface area contributed by atoms with Crippen molar-refractivity contribution in [2.75, 3.05) is 13.7 Å². The van der Waals surface area contributed by atoms with Crippen molar-refractivity contribution in [2.45, 2.75) is 44.9 Å². The predicted molar refractivity (Wildman–Crippen MR) is 73.0 cm³/mol. The fourth-order valence-corrected chi connectivity index (χ4v) is 2.32. The lowest BCUT2D eigenvalue weighted by atomic mass is 10.1. The van der Waals surface area contributed by atoms with E-state index in [-0.39, 0.29) is 6.10 Å². The highest BCUT2D eigenvalue weighted by molar-refractivity contribution is 5.35. The molecule has 3 heteroatoms. The summed E-state index contributed by atoms with van der Waals surface area (Å²) in [7, 11) is 1.96. The van der Waals surface area contributed by atoms with Crippen LogP contribution in [0.15, 0.2) is 24.3 Å². The van der Waals surface area contributed by atoms with E-state index in [2.05, 4.69) is 25.2 Å². The van der Waals surface area contributed by atoms with E-state index in [1.165, 1.54) is 5.56 Å². The SMILES string of the molecule is CNC(C)c1ccccc1OCC1CCC(C)O1. The second kappa shape index (κ2) is 6.21. The van der Waals surface area contributed by atoms with Crippen LogP contribution < -0.4 is 10.1 Å². The van der Waals surface area contributed by atoms with Crippen LogP contribution in [0.3, 0.4) is 0 Å². The maximum atomic E-state index is 5.93. The summed E-state index contributed by atoms with van der Waals surface area (Å²) in [6.45, 7) is 4.91. The molecule has 0 spiro atoms. The van der Waals surface area contributed by atoms with Gasteiger partial charge in [-0.25, -0.2) is 0 Å². The highest BCUT2D eigenvalue weighted by Crippen LogP contribution is 2.26. The quantitative estimate of drug-likeness (QED) is 0.870. The lowest BCUT2D eigenvalue weighted by molar-refractivity contribution is 0.0261. The Hall–Kier alpha value is -1.06. The Bertz CT molecular complexity index is 381. The molecule has 0 radical (unpaired) electrons. The van der Waals surface area contributed by atoms with E-state index in [1.807, 2.05) is 25.2 Å². The van der Waals surface area contributed by atoms with Crippen molar-refractivity contribution in [3.63, 3.8) is 0 Å². The standard InChI is InChI=1S/C15H23NO2/c1-11-8-9-13(18-11)10-17-15-7-5-4-6-14(15)12(2)16-3/h4-7,11-13,16H,8-10H2,1-3H3. The van der Waals surface area contributed by atoms with Gasteiger partial charge in [0.25, 0.3) is 0 Å². The number of rotatable bonds is 5. The number of ether oxygens (including phenoxy) is 2. The molecule has 0 bridgehead atoms. The molecule has 0 amide bonds. The summed E-state index contributed by atoms with van der Waals surface area (Å²) in [6.07, 6.45) is 2.87. The Morgan fingerprint density at radius 3 is 2.83 bits per heavy atom. The Morgan fingerprint density at radius 2 is 2.17 bits per heavy atom. The molecule has 100 valence electrons. The third-order valence-corrected chi connectivity index (χ3v) is 3.56. The van der Waals surface area contributed by atoms with E-state index in [9.17, 15) is 0 Å². The third kappa shape index (κ3) is 3.24. The molecule has 1 saturated heterocycles. The number of nitrogens with one attached hydrogen (secondary N) is 1. The maximum absolute atomic E-state index is 5.93. The van der Waals surface area contributed by atoms with E-state index in [1.54, 1.807) is 0 Å². The maximum Gasteiger partial charge on any atom is 0.124 e. The second-order valence-corrected chi connectivity index (χ2v) is 5.01. The smallest absolute Gasteiger partial charge is 0.124 e. The topological polar surface area (TPSA) is 30.5 Å². The highest BCUT2D eigenvalue weighted by Gasteiger charge is 2.22. The molecule has 18 heavy (non-hydrogen) atoms. The normalized spacial score (nSPS) is 25.1. The van der Waals surface area contributed by atoms with Crippen LogP contribution in [0, 0.1) is 0 Å². The van der Waals surface area contributed by atoms with Crippen molar-refractivity contribution < 1.29 is 9.47 Å². The minimum atomic E-state index is 0.248. The Morgan fingerprint density at radius 1 is 1.39 bits per heavy atom. The van der Waals surface area contributed by atoms with Crippen LogP contribution >= 0.6 is 0 Å². The predicted octanol–water partition coefficient (Wildman–Crippen LogP) is 2.91. The highest BCUT2D eigenvalue weighted by atomic mass is 16.5. The van der Waals surface area contributed by atoms with Gasteiger partial charge >= 0.3 is 0 Å². The molecule has 3 atom stereocenters. The van der Waals surface area contributed by atoms with Gasteiger partial charge in [0.1, 0.15) is 12.4 Å². The van der Waals surface area contributed by atoms with Gasteiger partial charge in [0.15, 0.2) is 0 Å². The van der Waals surface area contributed by atoms with E-state index in [0.29, 0.717) is 18.8 Å². The monoisotopic (exact) mass is 249 g/mol. The summed E-state index contributed by atoms with van der Waals surface area (Å²) in [5.41, 5.74) is 1.20. The van der Waals surface area contributed by atoms with Crippen LogP contribution in [0.4, 0.5) is 0 Å². The van der Waals surface area contributed by atoms with E-state index < -0.39 is 0 Å². The van der Waals surface area contributed by atoms with Gasteiger partial charge in [0, 0.05) is 11.6 Å². The van der Waals surface area contributed by atoms with Crippen LogP contribution in [0.25, 0.3) is 0 Å². The molecule has 1 aliphatic heterocycles. The molecule has 3 nitrogen and oxygen atoms in total. The first-order valence-corrected chi connectivity index (χ1v) is 6.75. The van der Waals surface area contributed by atoms with Gasteiger partial charge in [-0.1, -0.05) is 18.2 Å². The minimum Gasteiger partial charge on any atom is -0.491 e. The van der Waals surface area contributed by atoms with Crippen LogP contribution in [0.2, 0.25) is 0 Å². The fourth-order valence-electron chi connectivity index (χ4n) is 2.32. The van der Waals surface area contributed by atoms with Crippen LogP contribution in [0.5, 0.6) is 5.75 Å². The lowest BCUT2D eigenvalue weighted by Crippen LogP contribution is -2.19. The molecular formula is C15H23NO2.